The Morgan fingerprint density at radius 3 is 2.35 bits per heavy atom. The zero-order valence-corrected chi connectivity index (χ0v) is 13.1. The van der Waals surface area contributed by atoms with Gasteiger partial charge in [-0.1, -0.05) is 30.3 Å². The van der Waals surface area contributed by atoms with Crippen LogP contribution in [0.15, 0.2) is 30.3 Å². The molecule has 0 saturated heterocycles. The van der Waals surface area contributed by atoms with E-state index in [1.165, 1.54) is 0 Å². The van der Waals surface area contributed by atoms with Gasteiger partial charge in [0.2, 0.25) is 5.91 Å². The van der Waals surface area contributed by atoms with Crippen LogP contribution in [0.2, 0.25) is 0 Å². The normalized spacial score (nSPS) is 16.3. The predicted octanol–water partition coefficient (Wildman–Crippen LogP) is 2.18. The Balaban J connectivity index is 2.71. The molecular formula is C16H26N2O2. The van der Waals surface area contributed by atoms with Gasteiger partial charge in [-0.2, -0.15) is 0 Å². The number of ether oxygens (including phenoxy) is 1. The van der Waals surface area contributed by atoms with E-state index in [1.807, 2.05) is 51.1 Å². The van der Waals surface area contributed by atoms with Gasteiger partial charge in [-0.05, 0) is 39.7 Å². The molecule has 0 fully saturated rings. The van der Waals surface area contributed by atoms with Gasteiger partial charge in [0, 0.05) is 13.2 Å². The largest absolute Gasteiger partial charge is 0.379 e. The molecule has 0 radical (unpaired) electrons. The Kier molecular flexibility index (Phi) is 5.31. The van der Waals surface area contributed by atoms with Gasteiger partial charge < -0.3 is 15.8 Å². The summed E-state index contributed by atoms with van der Waals surface area (Å²) in [6, 6.07) is 9.38. The van der Waals surface area contributed by atoms with Crippen LogP contribution in [0.3, 0.4) is 0 Å². The highest BCUT2D eigenvalue weighted by molar-refractivity contribution is 5.87. The van der Waals surface area contributed by atoms with Gasteiger partial charge in [0.25, 0.3) is 0 Å². The van der Waals surface area contributed by atoms with Gasteiger partial charge in [0.15, 0.2) is 0 Å². The lowest BCUT2D eigenvalue weighted by atomic mass is 9.91. The maximum Gasteiger partial charge on any atom is 0.244 e. The second kappa shape index (κ2) is 6.37. The number of hydrogen-bond donors (Lipinski definition) is 2. The number of benzene rings is 1. The van der Waals surface area contributed by atoms with E-state index < -0.39 is 5.54 Å². The fourth-order valence-electron chi connectivity index (χ4n) is 2.16. The van der Waals surface area contributed by atoms with Crippen molar-refractivity contribution in [1.82, 2.24) is 5.32 Å². The Hall–Kier alpha value is -1.39. The van der Waals surface area contributed by atoms with E-state index in [4.69, 9.17) is 10.5 Å². The van der Waals surface area contributed by atoms with Crippen LogP contribution in [-0.2, 0) is 15.1 Å². The average Bonchev–Trinajstić information content (AvgIpc) is 2.39. The number of amides is 1. The molecule has 2 atom stereocenters. The molecule has 0 bridgehead atoms. The minimum absolute atomic E-state index is 0.0102. The minimum Gasteiger partial charge on any atom is -0.379 e. The highest BCUT2D eigenvalue weighted by Crippen LogP contribution is 2.19. The molecule has 0 aliphatic rings. The summed E-state index contributed by atoms with van der Waals surface area (Å²) in [5.41, 5.74) is 5.68. The molecule has 4 nitrogen and oxygen atoms in total. The lowest BCUT2D eigenvalue weighted by molar-refractivity contribution is -0.127. The number of hydrogen-bond acceptors (Lipinski definition) is 3. The molecule has 0 aromatic heterocycles. The van der Waals surface area contributed by atoms with Crippen molar-refractivity contribution in [3.8, 4) is 0 Å². The molecule has 20 heavy (non-hydrogen) atoms. The molecule has 0 saturated carbocycles. The first-order valence-corrected chi connectivity index (χ1v) is 6.89. The summed E-state index contributed by atoms with van der Waals surface area (Å²) in [6.07, 6.45) is 0.722. The first-order chi connectivity index (χ1) is 9.19. The first kappa shape index (κ1) is 16.7. The first-order valence-electron chi connectivity index (χ1n) is 6.89. The molecule has 0 aliphatic carbocycles. The molecule has 2 unspecified atom stereocenters. The van der Waals surface area contributed by atoms with Crippen LogP contribution in [0.25, 0.3) is 0 Å². The number of methoxy groups -OCH3 is 1. The Morgan fingerprint density at radius 2 is 1.85 bits per heavy atom. The maximum absolute atomic E-state index is 12.4. The summed E-state index contributed by atoms with van der Waals surface area (Å²) in [4.78, 5) is 12.4. The summed E-state index contributed by atoms with van der Waals surface area (Å²) in [6.45, 7) is 7.68. The summed E-state index contributed by atoms with van der Waals surface area (Å²) in [5.74, 6) is -0.178. The van der Waals surface area contributed by atoms with Crippen molar-refractivity contribution >= 4 is 5.91 Å². The Bertz CT molecular complexity index is 441. The molecular weight excluding hydrogens is 252 g/mol. The van der Waals surface area contributed by atoms with Crippen molar-refractivity contribution in [2.75, 3.05) is 7.11 Å². The quantitative estimate of drug-likeness (QED) is 0.838. The molecule has 0 heterocycles. The second-order valence-corrected chi connectivity index (χ2v) is 6.11. The number of rotatable bonds is 6. The van der Waals surface area contributed by atoms with Crippen LogP contribution in [-0.4, -0.2) is 24.7 Å². The van der Waals surface area contributed by atoms with Crippen molar-refractivity contribution in [3.05, 3.63) is 35.9 Å². The lowest BCUT2D eigenvalue weighted by Gasteiger charge is -2.30. The van der Waals surface area contributed by atoms with Crippen molar-refractivity contribution in [1.29, 1.82) is 0 Å². The molecule has 1 aromatic carbocycles. The minimum atomic E-state index is -1.03. The smallest absolute Gasteiger partial charge is 0.244 e. The summed E-state index contributed by atoms with van der Waals surface area (Å²) in [5, 5.41) is 2.97. The average molecular weight is 278 g/mol. The van der Waals surface area contributed by atoms with Gasteiger partial charge >= 0.3 is 0 Å². The SMILES string of the molecule is COC(C)(C)CC(C)NC(=O)C(C)(N)c1ccccc1. The van der Waals surface area contributed by atoms with Crippen LogP contribution in [0.5, 0.6) is 0 Å². The summed E-state index contributed by atoms with van der Waals surface area (Å²) < 4.78 is 5.38. The van der Waals surface area contributed by atoms with Crippen molar-refractivity contribution < 1.29 is 9.53 Å². The molecule has 0 aliphatic heterocycles. The third-order valence-corrected chi connectivity index (χ3v) is 3.57. The van der Waals surface area contributed by atoms with Gasteiger partial charge in [0.05, 0.1) is 5.60 Å². The van der Waals surface area contributed by atoms with Gasteiger partial charge in [-0.25, -0.2) is 0 Å². The third-order valence-electron chi connectivity index (χ3n) is 3.57. The topological polar surface area (TPSA) is 64.3 Å². The van der Waals surface area contributed by atoms with E-state index in [0.29, 0.717) is 0 Å². The Morgan fingerprint density at radius 1 is 1.30 bits per heavy atom. The summed E-state index contributed by atoms with van der Waals surface area (Å²) in [7, 11) is 1.67. The van der Waals surface area contributed by atoms with E-state index in [-0.39, 0.29) is 17.6 Å². The molecule has 1 amide bonds. The number of carbonyl (C=O) groups excluding carboxylic acids is 1. The zero-order chi connectivity index (χ0) is 15.4. The molecule has 1 rings (SSSR count). The number of nitrogens with one attached hydrogen (secondary N) is 1. The highest BCUT2D eigenvalue weighted by Gasteiger charge is 2.32. The number of carbonyl (C=O) groups is 1. The maximum atomic E-state index is 12.4. The Labute approximate surface area is 121 Å². The van der Waals surface area contributed by atoms with E-state index >= 15 is 0 Å². The van der Waals surface area contributed by atoms with Crippen LogP contribution < -0.4 is 11.1 Å². The standard InChI is InChI=1S/C16H26N2O2/c1-12(11-15(2,3)20-5)18-14(19)16(4,17)13-9-7-6-8-10-13/h6-10,12H,11,17H2,1-5H3,(H,18,19). The van der Waals surface area contributed by atoms with Crippen molar-refractivity contribution in [2.24, 2.45) is 5.73 Å². The summed E-state index contributed by atoms with van der Waals surface area (Å²) >= 11 is 0. The van der Waals surface area contributed by atoms with Gasteiger partial charge in [-0.15, -0.1) is 0 Å². The van der Waals surface area contributed by atoms with E-state index in [2.05, 4.69) is 5.32 Å². The molecule has 3 N–H and O–H groups in total. The molecule has 112 valence electrons. The third kappa shape index (κ3) is 4.32. The second-order valence-electron chi connectivity index (χ2n) is 6.11. The van der Waals surface area contributed by atoms with Gasteiger partial charge in [0.1, 0.15) is 5.54 Å². The van der Waals surface area contributed by atoms with Crippen LogP contribution in [0, 0.1) is 0 Å². The van der Waals surface area contributed by atoms with E-state index in [1.54, 1.807) is 14.0 Å². The van der Waals surface area contributed by atoms with E-state index in [0.717, 1.165) is 12.0 Å². The van der Waals surface area contributed by atoms with Crippen LogP contribution in [0.4, 0.5) is 0 Å². The zero-order valence-electron chi connectivity index (χ0n) is 13.1. The molecule has 4 heteroatoms. The fourth-order valence-corrected chi connectivity index (χ4v) is 2.16. The lowest BCUT2D eigenvalue weighted by Crippen LogP contribution is -2.52. The molecule has 1 aromatic rings. The van der Waals surface area contributed by atoms with Gasteiger partial charge in [-0.3, -0.25) is 4.79 Å². The van der Waals surface area contributed by atoms with Crippen LogP contribution >= 0.6 is 0 Å². The monoisotopic (exact) mass is 278 g/mol. The fraction of sp³-hybridized carbons (Fsp3) is 0.562. The van der Waals surface area contributed by atoms with Crippen LogP contribution in [0.1, 0.15) is 39.7 Å². The number of nitrogens with two attached hydrogens (primary N) is 1. The highest BCUT2D eigenvalue weighted by atomic mass is 16.5. The van der Waals surface area contributed by atoms with Crippen molar-refractivity contribution in [2.45, 2.75) is 51.3 Å². The molecule has 0 spiro atoms. The predicted molar refractivity (Wildman–Crippen MR) is 81.3 cm³/mol. The van der Waals surface area contributed by atoms with E-state index in [9.17, 15) is 4.79 Å². The van der Waals surface area contributed by atoms with Crippen molar-refractivity contribution in [3.63, 3.8) is 0 Å².